The molecule has 0 bridgehead atoms. The van der Waals surface area contributed by atoms with E-state index in [0.29, 0.717) is 27.9 Å². The lowest BCUT2D eigenvalue weighted by Crippen LogP contribution is -2.08. The SMILES string of the molecule is CBr.CCOC(=O)c1c(-c2ccc(F)cc2)oc2cc(N(C)C)ccc12. The third kappa shape index (κ3) is 4.07. The van der Waals surface area contributed by atoms with Crippen molar-refractivity contribution in [2.75, 3.05) is 31.4 Å². The molecule has 0 saturated carbocycles. The van der Waals surface area contributed by atoms with Gasteiger partial charge < -0.3 is 14.1 Å². The number of ether oxygens (including phenoxy) is 1. The predicted molar refractivity (Wildman–Crippen MR) is 107 cm³/mol. The van der Waals surface area contributed by atoms with Gasteiger partial charge in [0.1, 0.15) is 22.7 Å². The number of anilines is 1. The van der Waals surface area contributed by atoms with E-state index in [1.807, 2.05) is 43.0 Å². The molecule has 2 aromatic carbocycles. The Morgan fingerprint density at radius 2 is 1.81 bits per heavy atom. The number of hydrogen-bond donors (Lipinski definition) is 0. The second-order valence-corrected chi connectivity index (χ2v) is 5.61. The molecule has 0 amide bonds. The molecule has 0 atom stereocenters. The van der Waals surface area contributed by atoms with Crippen LogP contribution in [0.4, 0.5) is 10.1 Å². The fourth-order valence-electron chi connectivity index (χ4n) is 2.57. The maximum absolute atomic E-state index is 13.2. The summed E-state index contributed by atoms with van der Waals surface area (Å²) < 4.78 is 24.3. The highest BCUT2D eigenvalue weighted by Crippen LogP contribution is 2.36. The molecule has 138 valence electrons. The van der Waals surface area contributed by atoms with Crippen molar-refractivity contribution in [3.8, 4) is 11.3 Å². The molecule has 0 aliphatic carbocycles. The van der Waals surface area contributed by atoms with Crippen LogP contribution in [0.2, 0.25) is 0 Å². The number of carbonyl (C=O) groups excluding carboxylic acids is 1. The first-order valence-corrected chi connectivity index (χ1v) is 9.64. The lowest BCUT2D eigenvalue weighted by atomic mass is 10.1. The Balaban J connectivity index is 0.00000117. The fraction of sp³-hybridized carbons (Fsp3) is 0.250. The first-order chi connectivity index (χ1) is 12.5. The highest BCUT2D eigenvalue weighted by Gasteiger charge is 2.23. The summed E-state index contributed by atoms with van der Waals surface area (Å²) in [7, 11) is 3.86. The zero-order chi connectivity index (χ0) is 19.3. The second kappa shape index (κ2) is 8.85. The van der Waals surface area contributed by atoms with Crippen LogP contribution in [0.15, 0.2) is 46.9 Å². The summed E-state index contributed by atoms with van der Waals surface area (Å²) >= 11 is 2.94. The standard InChI is InChI=1S/C19H18FNO3.CH3Br/c1-4-23-19(22)17-15-10-9-14(21(2)3)11-16(15)24-18(17)12-5-7-13(20)8-6-12;1-2/h5-11H,4H2,1-3H3;1H3. The van der Waals surface area contributed by atoms with Gasteiger partial charge in [-0.05, 0) is 49.2 Å². The molecule has 3 rings (SSSR count). The zero-order valence-electron chi connectivity index (χ0n) is 15.2. The van der Waals surface area contributed by atoms with E-state index in [2.05, 4.69) is 15.9 Å². The third-order valence-corrected chi connectivity index (χ3v) is 3.78. The molecule has 0 aliphatic rings. The molecule has 0 saturated heterocycles. The number of halogens is 2. The Kier molecular flexibility index (Phi) is 6.80. The first kappa shape index (κ1) is 20.0. The monoisotopic (exact) mass is 421 g/mol. The van der Waals surface area contributed by atoms with E-state index in [1.165, 1.54) is 12.1 Å². The van der Waals surface area contributed by atoms with Crippen molar-refractivity contribution in [3.05, 3.63) is 53.8 Å². The van der Waals surface area contributed by atoms with Gasteiger partial charge in [-0.25, -0.2) is 9.18 Å². The minimum atomic E-state index is -0.451. The Bertz CT molecular complexity index is 888. The average Bonchev–Trinajstić information content (AvgIpc) is 3.02. The number of nitrogens with zero attached hydrogens (tertiary/aromatic N) is 1. The van der Waals surface area contributed by atoms with E-state index in [0.717, 1.165) is 5.69 Å². The van der Waals surface area contributed by atoms with Crippen molar-refractivity contribution in [2.45, 2.75) is 6.92 Å². The predicted octanol–water partition coefficient (Wildman–Crippen LogP) is 5.49. The summed E-state index contributed by atoms with van der Waals surface area (Å²) in [5, 5.41) is 0.679. The van der Waals surface area contributed by atoms with Crippen LogP contribution in [0.1, 0.15) is 17.3 Å². The van der Waals surface area contributed by atoms with Gasteiger partial charge >= 0.3 is 5.97 Å². The van der Waals surface area contributed by atoms with Crippen molar-refractivity contribution < 1.29 is 18.3 Å². The number of fused-ring (bicyclic) bond motifs is 1. The summed E-state index contributed by atoms with van der Waals surface area (Å²) in [6.45, 7) is 2.02. The van der Waals surface area contributed by atoms with Crippen LogP contribution in [0, 0.1) is 5.82 Å². The highest BCUT2D eigenvalue weighted by atomic mass is 79.9. The van der Waals surface area contributed by atoms with Crippen LogP contribution in [0.5, 0.6) is 0 Å². The molecule has 0 aliphatic heterocycles. The number of furan rings is 1. The minimum absolute atomic E-state index is 0.268. The van der Waals surface area contributed by atoms with E-state index >= 15 is 0 Å². The van der Waals surface area contributed by atoms with Crippen molar-refractivity contribution in [2.24, 2.45) is 0 Å². The molecule has 4 nitrogen and oxygen atoms in total. The van der Waals surface area contributed by atoms with Crippen molar-refractivity contribution >= 4 is 38.6 Å². The molecule has 26 heavy (non-hydrogen) atoms. The summed E-state index contributed by atoms with van der Waals surface area (Å²) in [5.74, 6) is 1.41. The summed E-state index contributed by atoms with van der Waals surface area (Å²) in [4.78, 5) is 14.4. The number of esters is 1. The average molecular weight is 422 g/mol. The topological polar surface area (TPSA) is 42.7 Å². The fourth-order valence-corrected chi connectivity index (χ4v) is 2.57. The zero-order valence-corrected chi connectivity index (χ0v) is 16.8. The van der Waals surface area contributed by atoms with Crippen LogP contribution >= 0.6 is 15.9 Å². The molecular weight excluding hydrogens is 401 g/mol. The van der Waals surface area contributed by atoms with Gasteiger partial charge in [0.25, 0.3) is 0 Å². The van der Waals surface area contributed by atoms with Crippen molar-refractivity contribution in [1.82, 2.24) is 0 Å². The number of benzene rings is 2. The van der Waals surface area contributed by atoms with Crippen LogP contribution in [0.25, 0.3) is 22.3 Å². The molecule has 0 spiro atoms. The van der Waals surface area contributed by atoms with Crippen LogP contribution in [0.3, 0.4) is 0 Å². The van der Waals surface area contributed by atoms with Crippen molar-refractivity contribution in [1.29, 1.82) is 0 Å². The third-order valence-electron chi connectivity index (χ3n) is 3.78. The molecule has 1 aromatic heterocycles. The van der Waals surface area contributed by atoms with E-state index in [9.17, 15) is 9.18 Å². The van der Waals surface area contributed by atoms with E-state index in [-0.39, 0.29) is 12.4 Å². The molecule has 0 N–H and O–H groups in total. The Labute approximate surface area is 160 Å². The molecule has 3 aromatic rings. The molecule has 0 fully saturated rings. The maximum Gasteiger partial charge on any atom is 0.342 e. The Morgan fingerprint density at radius 1 is 1.15 bits per heavy atom. The minimum Gasteiger partial charge on any atom is -0.462 e. The summed E-state index contributed by atoms with van der Waals surface area (Å²) in [6, 6.07) is 11.5. The second-order valence-electron chi connectivity index (χ2n) is 5.61. The lowest BCUT2D eigenvalue weighted by Gasteiger charge is -2.11. The van der Waals surface area contributed by atoms with E-state index in [4.69, 9.17) is 9.15 Å². The Morgan fingerprint density at radius 3 is 2.38 bits per heavy atom. The van der Waals surface area contributed by atoms with Gasteiger partial charge in [0.15, 0.2) is 0 Å². The largest absolute Gasteiger partial charge is 0.462 e. The van der Waals surface area contributed by atoms with Crippen LogP contribution in [-0.4, -0.2) is 32.5 Å². The Hall–Kier alpha value is -2.34. The van der Waals surface area contributed by atoms with Gasteiger partial charge in [-0.15, -0.1) is 0 Å². The number of alkyl halides is 1. The smallest absolute Gasteiger partial charge is 0.342 e. The van der Waals surface area contributed by atoms with Gasteiger partial charge in [0.05, 0.1) is 6.61 Å². The van der Waals surface area contributed by atoms with Gasteiger partial charge in [-0.3, -0.25) is 0 Å². The van der Waals surface area contributed by atoms with E-state index < -0.39 is 5.97 Å². The maximum atomic E-state index is 13.2. The summed E-state index contributed by atoms with van der Waals surface area (Å²) in [5.41, 5.74) is 2.53. The number of rotatable bonds is 4. The number of carbonyl (C=O) groups is 1. The molecule has 0 radical (unpaired) electrons. The highest BCUT2D eigenvalue weighted by molar-refractivity contribution is 9.08. The normalized spacial score (nSPS) is 10.2. The van der Waals surface area contributed by atoms with Crippen LogP contribution < -0.4 is 4.90 Å². The van der Waals surface area contributed by atoms with Gasteiger partial charge in [-0.1, -0.05) is 15.9 Å². The molecule has 6 heteroatoms. The number of hydrogen-bond acceptors (Lipinski definition) is 4. The van der Waals surface area contributed by atoms with E-state index in [1.54, 1.807) is 19.1 Å². The first-order valence-electron chi connectivity index (χ1n) is 8.06. The van der Waals surface area contributed by atoms with Crippen molar-refractivity contribution in [3.63, 3.8) is 0 Å². The van der Waals surface area contributed by atoms with Gasteiger partial charge in [0.2, 0.25) is 0 Å². The van der Waals surface area contributed by atoms with Gasteiger partial charge in [0, 0.05) is 36.8 Å². The molecular formula is C20H21BrFNO3. The lowest BCUT2D eigenvalue weighted by molar-refractivity contribution is 0.0529. The molecule has 1 heterocycles. The van der Waals surface area contributed by atoms with Gasteiger partial charge in [-0.2, -0.15) is 0 Å². The quantitative estimate of drug-likeness (QED) is 0.412. The summed E-state index contributed by atoms with van der Waals surface area (Å²) in [6.07, 6.45) is 0. The van der Waals surface area contributed by atoms with Crippen LogP contribution in [-0.2, 0) is 4.74 Å². The molecule has 0 unspecified atom stereocenters.